The summed E-state index contributed by atoms with van der Waals surface area (Å²) in [5, 5.41) is 3.63. The maximum atomic E-state index is 3.63. The number of fused-ring (bicyclic) bond motifs is 1. The topological polar surface area (TPSA) is 12.0 Å². The molecular formula is C19H27N. The molecule has 0 bridgehead atoms. The second-order valence-electron chi connectivity index (χ2n) is 6.34. The van der Waals surface area contributed by atoms with Crippen molar-refractivity contribution < 1.29 is 0 Å². The molecule has 1 N–H and O–H groups in total. The van der Waals surface area contributed by atoms with Crippen molar-refractivity contribution >= 4 is 0 Å². The maximum Gasteiger partial charge on any atom is 0.0346 e. The Morgan fingerprint density at radius 3 is 2.80 bits per heavy atom. The van der Waals surface area contributed by atoms with Crippen LogP contribution < -0.4 is 5.32 Å². The highest BCUT2D eigenvalue weighted by Gasteiger charge is 2.30. The van der Waals surface area contributed by atoms with E-state index in [2.05, 4.69) is 42.7 Å². The molecule has 1 nitrogen and oxygen atoms in total. The van der Waals surface area contributed by atoms with Crippen LogP contribution in [0.1, 0.15) is 62.0 Å². The molecule has 0 aliphatic heterocycles. The van der Waals surface area contributed by atoms with Gasteiger partial charge in [0.2, 0.25) is 0 Å². The molecule has 1 heteroatoms. The zero-order valence-corrected chi connectivity index (χ0v) is 12.7. The van der Waals surface area contributed by atoms with E-state index in [1.807, 2.05) is 0 Å². The van der Waals surface area contributed by atoms with E-state index in [0.29, 0.717) is 12.0 Å². The Balaban J connectivity index is 1.83. The fourth-order valence-electron chi connectivity index (χ4n) is 4.08. The molecule has 2 aliphatic rings. The second kappa shape index (κ2) is 6.58. The fourth-order valence-corrected chi connectivity index (χ4v) is 4.08. The summed E-state index contributed by atoms with van der Waals surface area (Å²) in [5.74, 6) is 0.682. The highest BCUT2D eigenvalue weighted by molar-refractivity contribution is 5.38. The van der Waals surface area contributed by atoms with Gasteiger partial charge in [-0.25, -0.2) is 0 Å². The van der Waals surface area contributed by atoms with Crippen LogP contribution in [0.2, 0.25) is 0 Å². The van der Waals surface area contributed by atoms with Crippen molar-refractivity contribution in [3.63, 3.8) is 0 Å². The van der Waals surface area contributed by atoms with Crippen molar-refractivity contribution in [2.45, 2.75) is 63.3 Å². The van der Waals surface area contributed by atoms with Crippen LogP contribution in [0.3, 0.4) is 0 Å². The van der Waals surface area contributed by atoms with Gasteiger partial charge in [-0.05, 0) is 56.7 Å². The summed E-state index contributed by atoms with van der Waals surface area (Å²) in [5.41, 5.74) is 4.84. The summed E-state index contributed by atoms with van der Waals surface area (Å²) in [4.78, 5) is 0. The highest BCUT2D eigenvalue weighted by Crippen LogP contribution is 2.38. The quantitative estimate of drug-likeness (QED) is 0.792. The smallest absolute Gasteiger partial charge is 0.0346 e. The first-order valence-electron chi connectivity index (χ1n) is 8.34. The van der Waals surface area contributed by atoms with Crippen LogP contribution in [0.4, 0.5) is 0 Å². The van der Waals surface area contributed by atoms with Crippen LogP contribution in [0.15, 0.2) is 35.9 Å². The van der Waals surface area contributed by atoms with Crippen molar-refractivity contribution in [1.29, 1.82) is 0 Å². The Bertz CT molecular complexity index is 474. The van der Waals surface area contributed by atoms with Crippen LogP contribution >= 0.6 is 0 Å². The van der Waals surface area contributed by atoms with E-state index in [1.54, 1.807) is 16.7 Å². The van der Waals surface area contributed by atoms with E-state index in [9.17, 15) is 0 Å². The molecule has 108 valence electrons. The second-order valence-corrected chi connectivity index (χ2v) is 6.34. The minimum atomic E-state index is 0.553. The van der Waals surface area contributed by atoms with Crippen molar-refractivity contribution in [2.24, 2.45) is 0 Å². The van der Waals surface area contributed by atoms with Crippen molar-refractivity contribution in [2.75, 3.05) is 7.05 Å². The van der Waals surface area contributed by atoms with Gasteiger partial charge in [0.1, 0.15) is 0 Å². The minimum Gasteiger partial charge on any atom is -0.313 e. The Morgan fingerprint density at radius 2 is 1.90 bits per heavy atom. The third-order valence-electron chi connectivity index (χ3n) is 5.12. The Kier molecular flexibility index (Phi) is 4.57. The number of aryl methyl sites for hydroxylation is 1. The molecule has 0 saturated heterocycles. The fraction of sp³-hybridized carbons (Fsp3) is 0.579. The van der Waals surface area contributed by atoms with Crippen molar-refractivity contribution in [1.82, 2.24) is 5.32 Å². The lowest BCUT2D eigenvalue weighted by molar-refractivity contribution is 0.483. The number of likely N-dealkylation sites (N-methyl/N-ethyl adjacent to an activating group) is 1. The van der Waals surface area contributed by atoms with Gasteiger partial charge in [0.05, 0.1) is 0 Å². The van der Waals surface area contributed by atoms with Crippen molar-refractivity contribution in [3.8, 4) is 0 Å². The number of benzene rings is 1. The molecule has 1 aromatic rings. The molecule has 0 spiro atoms. The monoisotopic (exact) mass is 269 g/mol. The lowest BCUT2D eigenvalue weighted by atomic mass is 9.84. The maximum absolute atomic E-state index is 3.63. The van der Waals surface area contributed by atoms with E-state index in [-0.39, 0.29) is 0 Å². The molecular weight excluding hydrogens is 242 g/mol. The minimum absolute atomic E-state index is 0.553. The number of rotatable bonds is 3. The molecule has 20 heavy (non-hydrogen) atoms. The Labute approximate surface area is 123 Å². The molecule has 0 radical (unpaired) electrons. The van der Waals surface area contributed by atoms with E-state index in [4.69, 9.17) is 0 Å². The largest absolute Gasteiger partial charge is 0.313 e. The van der Waals surface area contributed by atoms with Gasteiger partial charge in [0, 0.05) is 12.0 Å². The van der Waals surface area contributed by atoms with E-state index in [1.165, 1.54) is 51.4 Å². The predicted octanol–water partition coefficient (Wildman–Crippen LogP) is 4.59. The number of nitrogens with one attached hydrogen (secondary N) is 1. The highest BCUT2D eigenvalue weighted by atomic mass is 14.9. The Hall–Kier alpha value is -1.08. The van der Waals surface area contributed by atoms with E-state index in [0.717, 1.165) is 0 Å². The third kappa shape index (κ3) is 2.83. The molecule has 1 aromatic carbocycles. The van der Waals surface area contributed by atoms with Crippen LogP contribution in [0, 0.1) is 0 Å². The molecule has 2 atom stereocenters. The molecule has 0 amide bonds. The summed E-state index contributed by atoms with van der Waals surface area (Å²) in [7, 11) is 2.14. The summed E-state index contributed by atoms with van der Waals surface area (Å²) in [6.07, 6.45) is 13.3. The SMILES string of the molecule is CNC(/C1=C/CCCCCC1)C1CCc2ccccc21. The van der Waals surface area contributed by atoms with Gasteiger partial charge in [-0.15, -0.1) is 0 Å². The summed E-state index contributed by atoms with van der Waals surface area (Å²) < 4.78 is 0. The number of hydrogen-bond donors (Lipinski definition) is 1. The average molecular weight is 269 g/mol. The normalized spacial score (nSPS) is 27.1. The predicted molar refractivity (Wildman–Crippen MR) is 86.1 cm³/mol. The Morgan fingerprint density at radius 1 is 1.05 bits per heavy atom. The van der Waals surface area contributed by atoms with E-state index < -0.39 is 0 Å². The number of hydrogen-bond acceptors (Lipinski definition) is 1. The lowest BCUT2D eigenvalue weighted by Crippen LogP contribution is -2.33. The van der Waals surface area contributed by atoms with Crippen LogP contribution in [0.5, 0.6) is 0 Å². The molecule has 0 heterocycles. The third-order valence-corrected chi connectivity index (χ3v) is 5.12. The standard InChI is InChI=1S/C19H27N/c1-20-19(16-10-5-3-2-4-6-11-16)18-14-13-15-9-7-8-12-17(15)18/h7-10,12,18-20H,2-6,11,13-14H2,1H3/b16-10+. The molecule has 2 aliphatic carbocycles. The molecule has 0 saturated carbocycles. The number of allylic oxidation sites excluding steroid dienone is 1. The molecule has 2 unspecified atom stereocenters. The summed E-state index contributed by atoms with van der Waals surface area (Å²) in [6.45, 7) is 0. The lowest BCUT2D eigenvalue weighted by Gasteiger charge is -2.28. The zero-order valence-electron chi connectivity index (χ0n) is 12.7. The van der Waals surface area contributed by atoms with Gasteiger partial charge >= 0.3 is 0 Å². The van der Waals surface area contributed by atoms with Gasteiger partial charge in [0.25, 0.3) is 0 Å². The molecule has 3 rings (SSSR count). The van der Waals surface area contributed by atoms with Crippen LogP contribution in [-0.4, -0.2) is 13.1 Å². The van der Waals surface area contributed by atoms with Crippen LogP contribution in [-0.2, 0) is 6.42 Å². The first kappa shape index (κ1) is 13.9. The molecule has 0 aromatic heterocycles. The van der Waals surface area contributed by atoms with Crippen LogP contribution in [0.25, 0.3) is 0 Å². The zero-order chi connectivity index (χ0) is 13.8. The summed E-state index contributed by atoms with van der Waals surface area (Å²) in [6, 6.07) is 9.60. The van der Waals surface area contributed by atoms with Gasteiger partial charge in [-0.3, -0.25) is 0 Å². The van der Waals surface area contributed by atoms with Gasteiger partial charge in [-0.1, -0.05) is 48.8 Å². The average Bonchev–Trinajstić information content (AvgIpc) is 2.86. The first-order chi connectivity index (χ1) is 9.90. The van der Waals surface area contributed by atoms with Gasteiger partial charge < -0.3 is 5.32 Å². The van der Waals surface area contributed by atoms with E-state index >= 15 is 0 Å². The molecule has 0 fully saturated rings. The van der Waals surface area contributed by atoms with Crippen molar-refractivity contribution in [3.05, 3.63) is 47.0 Å². The van der Waals surface area contributed by atoms with Gasteiger partial charge in [0.15, 0.2) is 0 Å². The van der Waals surface area contributed by atoms with Gasteiger partial charge in [-0.2, -0.15) is 0 Å². The summed E-state index contributed by atoms with van der Waals surface area (Å²) >= 11 is 0. The first-order valence-corrected chi connectivity index (χ1v) is 8.34.